The van der Waals surface area contributed by atoms with Crippen molar-refractivity contribution in [1.82, 2.24) is 15.6 Å². The Morgan fingerprint density at radius 1 is 1.42 bits per heavy atom. The summed E-state index contributed by atoms with van der Waals surface area (Å²) in [7, 11) is 0. The second kappa shape index (κ2) is 7.23. The number of hydrogen-bond acceptors (Lipinski definition) is 5. The highest BCUT2D eigenvalue weighted by Crippen LogP contribution is 2.26. The molecule has 24 heavy (non-hydrogen) atoms. The summed E-state index contributed by atoms with van der Waals surface area (Å²) in [6, 6.07) is 1.31. The first kappa shape index (κ1) is 17.6. The highest BCUT2D eigenvalue weighted by atomic mass is 19.4. The van der Waals surface area contributed by atoms with E-state index in [0.717, 1.165) is 18.6 Å². The summed E-state index contributed by atoms with van der Waals surface area (Å²) in [4.78, 5) is 17.5. The molecule has 0 saturated carbocycles. The minimum Gasteiger partial charge on any atom is -0.433 e. The average molecular weight is 350 g/mol. The normalized spacial score (nSPS) is 17.2. The van der Waals surface area contributed by atoms with Crippen LogP contribution in [0.25, 0.3) is 5.57 Å². The van der Waals surface area contributed by atoms with Crippen LogP contribution in [0.1, 0.15) is 11.3 Å². The molecule has 1 amide bonds. The number of rotatable bonds is 6. The Hall–Kier alpha value is -2.72. The first-order valence-electron chi connectivity index (χ1n) is 6.48. The Labute approximate surface area is 132 Å². The molecule has 0 spiro atoms. The molecule has 1 aliphatic heterocycles. The zero-order chi connectivity index (χ0) is 17.7. The van der Waals surface area contributed by atoms with E-state index in [1.165, 1.54) is 6.07 Å². The highest BCUT2D eigenvalue weighted by molar-refractivity contribution is 6.09. The number of carbonyl (C=O) groups is 1. The van der Waals surface area contributed by atoms with Crippen molar-refractivity contribution in [3.63, 3.8) is 0 Å². The van der Waals surface area contributed by atoms with Crippen molar-refractivity contribution in [3.8, 4) is 5.75 Å². The molecule has 2 rings (SSSR count). The van der Waals surface area contributed by atoms with Gasteiger partial charge in [0.05, 0.1) is 11.9 Å². The molecule has 6 nitrogen and oxygen atoms in total. The van der Waals surface area contributed by atoms with E-state index < -0.39 is 19.0 Å². The van der Waals surface area contributed by atoms with Crippen LogP contribution in [0, 0.1) is 0 Å². The van der Waals surface area contributed by atoms with Gasteiger partial charge in [-0.2, -0.15) is 22.0 Å². The Morgan fingerprint density at radius 3 is 2.71 bits per heavy atom. The van der Waals surface area contributed by atoms with Crippen molar-refractivity contribution in [1.29, 1.82) is 0 Å². The largest absolute Gasteiger partial charge is 0.433 e. The van der Waals surface area contributed by atoms with Gasteiger partial charge in [0.25, 0.3) is 0 Å². The fraction of sp³-hybridized carbons (Fsp3) is 0.308. The Bertz CT molecular complexity index is 660. The van der Waals surface area contributed by atoms with Crippen LogP contribution in [0.2, 0.25) is 0 Å². The third kappa shape index (κ3) is 4.40. The van der Waals surface area contributed by atoms with Gasteiger partial charge in [-0.05, 0) is 6.07 Å². The zero-order valence-electron chi connectivity index (χ0n) is 11.8. The van der Waals surface area contributed by atoms with Gasteiger partial charge in [0.1, 0.15) is 5.75 Å². The maximum absolute atomic E-state index is 12.5. The molecule has 1 aromatic heterocycles. The van der Waals surface area contributed by atoms with Crippen LogP contribution in [-0.4, -0.2) is 36.6 Å². The van der Waals surface area contributed by atoms with Crippen LogP contribution in [0.3, 0.4) is 0 Å². The lowest BCUT2D eigenvalue weighted by atomic mass is 10.1. The number of nitrogens with zero attached hydrogens (tertiary/aromatic N) is 2. The number of ether oxygens (including phenoxy) is 1. The molecule has 1 aliphatic rings. The monoisotopic (exact) mass is 350 g/mol. The van der Waals surface area contributed by atoms with Crippen molar-refractivity contribution < 1.29 is 31.5 Å². The van der Waals surface area contributed by atoms with Gasteiger partial charge >= 0.3 is 12.8 Å². The second-order valence-electron chi connectivity index (χ2n) is 4.54. The van der Waals surface area contributed by atoms with Crippen molar-refractivity contribution in [3.05, 3.63) is 29.7 Å². The molecule has 0 radical (unpaired) electrons. The molecule has 1 aromatic rings. The molecule has 11 heteroatoms. The molecule has 0 aliphatic carbocycles. The van der Waals surface area contributed by atoms with Gasteiger partial charge in [0.2, 0.25) is 12.6 Å². The van der Waals surface area contributed by atoms with E-state index >= 15 is 0 Å². The zero-order valence-corrected chi connectivity index (χ0v) is 11.8. The predicted molar refractivity (Wildman–Crippen MR) is 73.2 cm³/mol. The third-order valence-corrected chi connectivity index (χ3v) is 2.91. The number of halogens is 5. The minimum atomic E-state index is -4.54. The van der Waals surface area contributed by atoms with E-state index in [1.54, 1.807) is 0 Å². The fourth-order valence-electron chi connectivity index (χ4n) is 1.86. The maximum atomic E-state index is 12.5. The summed E-state index contributed by atoms with van der Waals surface area (Å²) in [6.07, 6.45) is -3.20. The summed E-state index contributed by atoms with van der Waals surface area (Å²) < 4.78 is 66.5. The van der Waals surface area contributed by atoms with Gasteiger partial charge in [0, 0.05) is 30.1 Å². The predicted octanol–water partition coefficient (Wildman–Crippen LogP) is 1.83. The standard InChI is InChI=1S/C13H11F5N4O2/c14-12(15)24-10-5-20-9(1-7(10)2-19-6-23)8-3-21-11(22-4-8)13(16,17)18/h1,3-6,11-12,21H,2H2,(H,19,23). The molecule has 0 saturated heterocycles. The Kier molecular flexibility index (Phi) is 5.31. The van der Waals surface area contributed by atoms with Crippen LogP contribution in [0.5, 0.6) is 5.75 Å². The smallest absolute Gasteiger partial charge is 0.429 e. The number of pyridine rings is 1. The van der Waals surface area contributed by atoms with E-state index in [1.807, 2.05) is 0 Å². The molecular weight excluding hydrogens is 339 g/mol. The number of hydrogen-bond donors (Lipinski definition) is 2. The minimum absolute atomic E-state index is 0.121. The lowest BCUT2D eigenvalue weighted by Crippen LogP contribution is -2.39. The maximum Gasteiger partial charge on any atom is 0.429 e. The number of carbonyl (C=O) groups excluding carboxylic acids is 1. The molecule has 0 bridgehead atoms. The van der Waals surface area contributed by atoms with E-state index in [2.05, 4.69) is 25.3 Å². The van der Waals surface area contributed by atoms with Crippen molar-refractivity contribution >= 4 is 18.2 Å². The Balaban J connectivity index is 2.24. The first-order chi connectivity index (χ1) is 11.3. The molecule has 130 valence electrons. The average Bonchev–Trinajstić information content (AvgIpc) is 2.53. The lowest BCUT2D eigenvalue weighted by Gasteiger charge is -2.20. The van der Waals surface area contributed by atoms with Gasteiger partial charge in [-0.1, -0.05) is 0 Å². The Morgan fingerprint density at radius 2 is 2.17 bits per heavy atom. The molecule has 0 aromatic carbocycles. The number of alkyl halides is 5. The molecule has 1 unspecified atom stereocenters. The summed E-state index contributed by atoms with van der Waals surface area (Å²) in [6.45, 7) is -3.21. The molecule has 2 N–H and O–H groups in total. The summed E-state index contributed by atoms with van der Waals surface area (Å²) in [5, 5.41) is 4.35. The van der Waals surface area contributed by atoms with Crippen LogP contribution < -0.4 is 15.4 Å². The van der Waals surface area contributed by atoms with Gasteiger partial charge in [0.15, 0.2) is 0 Å². The quantitative estimate of drug-likeness (QED) is 0.606. The summed E-state index contributed by atoms with van der Waals surface area (Å²) >= 11 is 0. The summed E-state index contributed by atoms with van der Waals surface area (Å²) in [5.41, 5.74) is 0.572. The van der Waals surface area contributed by atoms with E-state index in [9.17, 15) is 26.7 Å². The van der Waals surface area contributed by atoms with Crippen molar-refractivity contribution in [2.45, 2.75) is 25.5 Å². The van der Waals surface area contributed by atoms with Gasteiger partial charge < -0.3 is 15.4 Å². The molecule has 0 fully saturated rings. The van der Waals surface area contributed by atoms with Crippen LogP contribution in [0.15, 0.2) is 23.5 Å². The summed E-state index contributed by atoms with van der Waals surface area (Å²) in [5.74, 6) is -0.252. The van der Waals surface area contributed by atoms with Gasteiger partial charge in [-0.3, -0.25) is 14.8 Å². The first-order valence-corrected chi connectivity index (χ1v) is 6.48. The number of nitrogens with one attached hydrogen (secondary N) is 2. The SMILES string of the molecule is O=CNCc1cc(C2=CNC(C(F)(F)F)N=C2)ncc1OC(F)F. The van der Waals surface area contributed by atoms with E-state index in [0.29, 0.717) is 6.41 Å². The van der Waals surface area contributed by atoms with Gasteiger partial charge in [-0.25, -0.2) is 0 Å². The molecule has 2 heterocycles. The van der Waals surface area contributed by atoms with Crippen molar-refractivity contribution in [2.75, 3.05) is 0 Å². The van der Waals surface area contributed by atoms with Crippen molar-refractivity contribution in [2.24, 2.45) is 4.99 Å². The number of aliphatic imine (C=N–C) groups is 1. The number of aromatic nitrogens is 1. The van der Waals surface area contributed by atoms with Crippen LogP contribution >= 0.6 is 0 Å². The van der Waals surface area contributed by atoms with E-state index in [-0.39, 0.29) is 29.1 Å². The molecule has 1 atom stereocenters. The third-order valence-electron chi connectivity index (χ3n) is 2.91. The molecular formula is C13H11F5N4O2. The highest BCUT2D eigenvalue weighted by Gasteiger charge is 2.39. The van der Waals surface area contributed by atoms with Crippen LogP contribution in [0.4, 0.5) is 22.0 Å². The van der Waals surface area contributed by atoms with E-state index in [4.69, 9.17) is 0 Å². The van der Waals surface area contributed by atoms with Crippen LogP contribution in [-0.2, 0) is 11.3 Å². The number of allylic oxidation sites excluding steroid dienone is 1. The lowest BCUT2D eigenvalue weighted by molar-refractivity contribution is -0.151. The topological polar surface area (TPSA) is 75.6 Å². The van der Waals surface area contributed by atoms with Gasteiger partial charge in [-0.15, -0.1) is 0 Å². The number of amides is 1. The second-order valence-corrected chi connectivity index (χ2v) is 4.54. The fourth-order valence-corrected chi connectivity index (χ4v) is 1.86.